The van der Waals surface area contributed by atoms with E-state index in [0.29, 0.717) is 0 Å². The highest BCUT2D eigenvalue weighted by atomic mass is 16.7. The molecule has 0 unspecified atom stereocenters. The van der Waals surface area contributed by atoms with Gasteiger partial charge >= 0.3 is 7.12 Å². The molecule has 2 aromatic rings. The normalized spacial score (nSPS) is 18.9. The molecule has 1 radical (unpaired) electrons. The Hall–Kier alpha value is -1.78. The summed E-state index contributed by atoms with van der Waals surface area (Å²) in [6.07, 6.45) is 0. The van der Waals surface area contributed by atoms with Crippen molar-refractivity contribution in [2.24, 2.45) is 0 Å². The Kier molecular flexibility index (Phi) is 4.22. The van der Waals surface area contributed by atoms with E-state index in [-0.39, 0.29) is 18.3 Å². The van der Waals surface area contributed by atoms with Crippen molar-refractivity contribution in [2.45, 2.75) is 38.9 Å². The highest BCUT2D eigenvalue weighted by molar-refractivity contribution is 6.62. The minimum Gasteiger partial charge on any atom is -0.399 e. The average Bonchev–Trinajstić information content (AvgIpc) is 2.75. The first-order chi connectivity index (χ1) is 10.9. The molecule has 3 rings (SSSR count). The Bertz CT molecular complexity index is 637. The SMILES string of the molecule is CC1(C)OB(c2ccc(N[CH]c3ccccc3)cc2)OC1(C)C. The number of anilines is 1. The smallest absolute Gasteiger partial charge is 0.399 e. The van der Waals surface area contributed by atoms with Crippen molar-refractivity contribution in [3.63, 3.8) is 0 Å². The van der Waals surface area contributed by atoms with Crippen LogP contribution in [0, 0.1) is 6.54 Å². The first-order valence-electron chi connectivity index (χ1n) is 7.98. The third-order valence-corrected chi connectivity index (χ3v) is 4.64. The van der Waals surface area contributed by atoms with Gasteiger partial charge in [-0.2, -0.15) is 0 Å². The van der Waals surface area contributed by atoms with E-state index < -0.39 is 0 Å². The second-order valence-corrected chi connectivity index (χ2v) is 6.91. The number of rotatable bonds is 4. The Labute approximate surface area is 139 Å². The van der Waals surface area contributed by atoms with Crippen molar-refractivity contribution in [2.75, 3.05) is 5.32 Å². The second-order valence-electron chi connectivity index (χ2n) is 6.91. The standard InChI is InChI=1S/C19H23BNO2/c1-18(2)19(3,4)23-20(22-18)16-10-12-17(13-11-16)21-14-15-8-6-5-7-9-15/h5-14,21H,1-4H3. The maximum atomic E-state index is 6.07. The van der Waals surface area contributed by atoms with Crippen molar-refractivity contribution < 1.29 is 9.31 Å². The first-order valence-corrected chi connectivity index (χ1v) is 7.98. The van der Waals surface area contributed by atoms with Gasteiger partial charge in [0, 0.05) is 5.69 Å². The van der Waals surface area contributed by atoms with E-state index >= 15 is 0 Å². The summed E-state index contributed by atoms with van der Waals surface area (Å²) in [5.41, 5.74) is 2.59. The monoisotopic (exact) mass is 308 g/mol. The lowest BCUT2D eigenvalue weighted by atomic mass is 9.79. The van der Waals surface area contributed by atoms with E-state index in [4.69, 9.17) is 9.31 Å². The predicted molar refractivity (Wildman–Crippen MR) is 95.6 cm³/mol. The van der Waals surface area contributed by atoms with Gasteiger partial charge in [-0.3, -0.25) is 0 Å². The lowest BCUT2D eigenvalue weighted by Gasteiger charge is -2.32. The molecule has 1 heterocycles. The fraction of sp³-hybridized carbons (Fsp3) is 0.316. The summed E-state index contributed by atoms with van der Waals surface area (Å²) in [5, 5.41) is 3.30. The van der Waals surface area contributed by atoms with Crippen LogP contribution in [0.2, 0.25) is 0 Å². The molecule has 0 spiro atoms. The maximum absolute atomic E-state index is 6.07. The fourth-order valence-corrected chi connectivity index (χ4v) is 2.43. The molecule has 0 bridgehead atoms. The molecule has 23 heavy (non-hydrogen) atoms. The summed E-state index contributed by atoms with van der Waals surface area (Å²) in [6, 6.07) is 18.4. The maximum Gasteiger partial charge on any atom is 0.494 e. The number of nitrogens with one attached hydrogen (secondary N) is 1. The molecule has 0 saturated carbocycles. The van der Waals surface area contributed by atoms with Crippen LogP contribution in [0.1, 0.15) is 33.3 Å². The van der Waals surface area contributed by atoms with Crippen LogP contribution < -0.4 is 10.8 Å². The summed E-state index contributed by atoms with van der Waals surface area (Å²) in [7, 11) is -0.313. The third kappa shape index (κ3) is 3.43. The van der Waals surface area contributed by atoms with Crippen molar-refractivity contribution in [1.29, 1.82) is 0 Å². The lowest BCUT2D eigenvalue weighted by Crippen LogP contribution is -2.41. The molecule has 1 aliphatic rings. The Morgan fingerprint density at radius 1 is 0.826 bits per heavy atom. The summed E-state index contributed by atoms with van der Waals surface area (Å²) < 4.78 is 12.1. The molecule has 1 saturated heterocycles. The zero-order valence-electron chi connectivity index (χ0n) is 14.2. The van der Waals surface area contributed by atoms with Crippen LogP contribution in [0.25, 0.3) is 0 Å². The van der Waals surface area contributed by atoms with Gasteiger partial charge < -0.3 is 14.6 Å². The van der Waals surface area contributed by atoms with Gasteiger partial charge in [-0.15, -0.1) is 0 Å². The third-order valence-electron chi connectivity index (χ3n) is 4.64. The minimum absolute atomic E-state index is 0.310. The molecular formula is C19H23BNO2. The molecule has 4 heteroatoms. The molecule has 3 nitrogen and oxygen atoms in total. The van der Waals surface area contributed by atoms with Gasteiger partial charge in [0.25, 0.3) is 0 Å². The lowest BCUT2D eigenvalue weighted by molar-refractivity contribution is 0.00578. The van der Waals surface area contributed by atoms with Gasteiger partial charge in [-0.05, 0) is 50.9 Å². The fourth-order valence-electron chi connectivity index (χ4n) is 2.43. The van der Waals surface area contributed by atoms with Crippen molar-refractivity contribution in [3.8, 4) is 0 Å². The first kappa shape index (κ1) is 16.1. The van der Waals surface area contributed by atoms with Gasteiger partial charge in [-0.25, -0.2) is 0 Å². The van der Waals surface area contributed by atoms with Crippen LogP contribution in [-0.4, -0.2) is 18.3 Å². The molecule has 1 fully saturated rings. The quantitative estimate of drug-likeness (QED) is 0.875. The van der Waals surface area contributed by atoms with E-state index in [9.17, 15) is 0 Å². The summed E-state index contributed by atoms with van der Waals surface area (Å²) in [5.74, 6) is 0. The topological polar surface area (TPSA) is 30.5 Å². The van der Waals surface area contributed by atoms with E-state index in [1.165, 1.54) is 0 Å². The van der Waals surface area contributed by atoms with Gasteiger partial charge in [-0.1, -0.05) is 42.5 Å². The Morgan fingerprint density at radius 3 is 1.96 bits per heavy atom. The molecule has 0 amide bonds. The molecule has 119 valence electrons. The minimum atomic E-state index is -0.313. The van der Waals surface area contributed by atoms with Gasteiger partial charge in [0.1, 0.15) is 0 Å². The van der Waals surface area contributed by atoms with E-state index in [2.05, 4.69) is 45.1 Å². The van der Waals surface area contributed by atoms with Crippen LogP contribution >= 0.6 is 0 Å². The average molecular weight is 308 g/mol. The summed E-state index contributed by atoms with van der Waals surface area (Å²) in [6.45, 7) is 10.3. The molecule has 1 aliphatic heterocycles. The molecule has 1 N–H and O–H groups in total. The van der Waals surface area contributed by atoms with E-state index in [1.54, 1.807) is 0 Å². The predicted octanol–water partition coefficient (Wildman–Crippen LogP) is 3.61. The summed E-state index contributed by atoms with van der Waals surface area (Å²) in [4.78, 5) is 0. The number of hydrogen-bond donors (Lipinski definition) is 1. The van der Waals surface area contributed by atoms with Crippen molar-refractivity contribution >= 4 is 18.3 Å². The molecule has 0 aliphatic carbocycles. The van der Waals surface area contributed by atoms with Crippen LogP contribution in [0.5, 0.6) is 0 Å². The Balaban J connectivity index is 1.64. The van der Waals surface area contributed by atoms with Gasteiger partial charge in [0.15, 0.2) is 0 Å². The largest absolute Gasteiger partial charge is 0.494 e. The molecular weight excluding hydrogens is 285 g/mol. The van der Waals surface area contributed by atoms with Crippen LogP contribution in [0.3, 0.4) is 0 Å². The molecule has 2 aromatic carbocycles. The number of benzene rings is 2. The van der Waals surface area contributed by atoms with E-state index in [0.717, 1.165) is 16.7 Å². The van der Waals surface area contributed by atoms with Crippen molar-refractivity contribution in [3.05, 3.63) is 66.7 Å². The zero-order valence-corrected chi connectivity index (χ0v) is 14.2. The van der Waals surface area contributed by atoms with Gasteiger partial charge in [0.05, 0.1) is 17.7 Å². The highest BCUT2D eigenvalue weighted by Crippen LogP contribution is 2.36. The molecule has 0 atom stereocenters. The van der Waals surface area contributed by atoms with Crippen LogP contribution in [-0.2, 0) is 9.31 Å². The van der Waals surface area contributed by atoms with Crippen molar-refractivity contribution in [1.82, 2.24) is 0 Å². The molecule has 0 aromatic heterocycles. The second kappa shape index (κ2) is 6.02. The van der Waals surface area contributed by atoms with Crippen LogP contribution in [0.15, 0.2) is 54.6 Å². The Morgan fingerprint density at radius 2 is 1.39 bits per heavy atom. The zero-order chi connectivity index (χ0) is 16.5. The number of hydrogen-bond acceptors (Lipinski definition) is 3. The van der Waals surface area contributed by atoms with Crippen LogP contribution in [0.4, 0.5) is 5.69 Å². The highest BCUT2D eigenvalue weighted by Gasteiger charge is 2.51. The van der Waals surface area contributed by atoms with Gasteiger partial charge in [0.2, 0.25) is 0 Å². The van der Waals surface area contributed by atoms with E-state index in [1.807, 2.05) is 49.0 Å². The summed E-state index contributed by atoms with van der Waals surface area (Å²) >= 11 is 0.